The quantitative estimate of drug-likeness (QED) is 0.877. The number of nitrogens with one attached hydrogen (secondary N) is 1. The Kier molecular flexibility index (Phi) is 5.88. The maximum atomic E-state index is 13.7. The fourth-order valence-corrected chi connectivity index (χ4v) is 2.79. The largest absolute Gasteiger partial charge is 0.391 e. The van der Waals surface area contributed by atoms with Crippen LogP contribution in [0.25, 0.3) is 0 Å². The van der Waals surface area contributed by atoms with E-state index >= 15 is 0 Å². The number of piperidine rings is 1. The van der Waals surface area contributed by atoms with Gasteiger partial charge in [0.05, 0.1) is 6.10 Å². The van der Waals surface area contributed by atoms with Crippen molar-refractivity contribution in [2.75, 3.05) is 13.1 Å². The molecule has 2 atom stereocenters. The van der Waals surface area contributed by atoms with E-state index in [2.05, 4.69) is 5.32 Å². The Morgan fingerprint density at radius 2 is 1.92 bits per heavy atom. The first kappa shape index (κ1) is 18.3. The van der Waals surface area contributed by atoms with E-state index in [-0.39, 0.29) is 18.4 Å². The maximum absolute atomic E-state index is 13.7. The number of halogens is 2. The lowest BCUT2D eigenvalue weighted by Crippen LogP contribution is -2.54. The summed E-state index contributed by atoms with van der Waals surface area (Å²) in [6, 6.07) is 2.24. The molecule has 2 amide bonds. The Hall–Kier alpha value is -2.02. The molecule has 0 spiro atoms. The Morgan fingerprint density at radius 3 is 2.46 bits per heavy atom. The monoisotopic (exact) mass is 340 g/mol. The zero-order valence-corrected chi connectivity index (χ0v) is 13.8. The second kappa shape index (κ2) is 7.70. The lowest BCUT2D eigenvalue weighted by molar-refractivity contribution is -0.137. The molecule has 1 fully saturated rings. The average Bonchev–Trinajstić information content (AvgIpc) is 2.51. The highest BCUT2D eigenvalue weighted by Crippen LogP contribution is 2.16. The Morgan fingerprint density at radius 1 is 1.29 bits per heavy atom. The number of aliphatic hydroxyl groups is 1. The van der Waals surface area contributed by atoms with Gasteiger partial charge in [0.25, 0.3) is 5.91 Å². The van der Waals surface area contributed by atoms with Gasteiger partial charge in [-0.05, 0) is 30.9 Å². The number of aliphatic hydroxyl groups excluding tert-OH is 1. The predicted molar refractivity (Wildman–Crippen MR) is 84.3 cm³/mol. The van der Waals surface area contributed by atoms with Gasteiger partial charge < -0.3 is 15.3 Å². The molecule has 24 heavy (non-hydrogen) atoms. The number of hydrogen-bond donors (Lipinski definition) is 2. The highest BCUT2D eigenvalue weighted by Gasteiger charge is 2.32. The van der Waals surface area contributed by atoms with Crippen LogP contribution < -0.4 is 5.32 Å². The van der Waals surface area contributed by atoms with Crippen molar-refractivity contribution in [3.63, 3.8) is 0 Å². The number of hydrogen-bond acceptors (Lipinski definition) is 3. The molecular weight excluding hydrogens is 318 g/mol. The maximum Gasteiger partial charge on any atom is 0.257 e. The van der Waals surface area contributed by atoms with Crippen molar-refractivity contribution in [1.82, 2.24) is 10.2 Å². The van der Waals surface area contributed by atoms with E-state index in [9.17, 15) is 23.5 Å². The van der Waals surface area contributed by atoms with Gasteiger partial charge >= 0.3 is 0 Å². The van der Waals surface area contributed by atoms with Crippen molar-refractivity contribution in [1.29, 1.82) is 0 Å². The van der Waals surface area contributed by atoms with Crippen LogP contribution in [-0.2, 0) is 4.79 Å². The second-order valence-electron chi connectivity index (χ2n) is 6.37. The van der Waals surface area contributed by atoms with Crippen molar-refractivity contribution in [3.8, 4) is 0 Å². The number of likely N-dealkylation sites (tertiary alicyclic amines) is 1. The summed E-state index contributed by atoms with van der Waals surface area (Å²) in [5.41, 5.74) is -0.699. The third-order valence-corrected chi connectivity index (χ3v) is 4.12. The van der Waals surface area contributed by atoms with Crippen molar-refractivity contribution in [2.24, 2.45) is 5.92 Å². The van der Waals surface area contributed by atoms with Gasteiger partial charge in [0.15, 0.2) is 0 Å². The Labute approximate surface area is 139 Å². The zero-order valence-electron chi connectivity index (χ0n) is 13.8. The molecule has 0 radical (unpaired) electrons. The number of carbonyl (C=O) groups is 2. The molecule has 132 valence electrons. The summed E-state index contributed by atoms with van der Waals surface area (Å²) in [7, 11) is 0. The van der Waals surface area contributed by atoms with Crippen LogP contribution in [0.2, 0.25) is 0 Å². The molecule has 0 aromatic heterocycles. The lowest BCUT2D eigenvalue weighted by atomic mass is 10.00. The Balaban J connectivity index is 2.16. The van der Waals surface area contributed by atoms with Gasteiger partial charge in [-0.15, -0.1) is 0 Å². The first-order valence-corrected chi connectivity index (χ1v) is 8.03. The van der Waals surface area contributed by atoms with E-state index in [1.807, 2.05) is 0 Å². The van der Waals surface area contributed by atoms with Gasteiger partial charge in [0, 0.05) is 13.1 Å². The number of amides is 2. The SMILES string of the molecule is CC(C)C(NC(=O)c1c(F)cccc1F)C(=O)N1CCCC(O)C1. The molecule has 2 N–H and O–H groups in total. The summed E-state index contributed by atoms with van der Waals surface area (Å²) in [6.45, 7) is 4.16. The average molecular weight is 340 g/mol. The molecule has 0 saturated carbocycles. The number of β-amino-alcohol motifs (C(OH)–C–C–N with tert-alkyl or cyclic N) is 1. The molecule has 1 heterocycles. The van der Waals surface area contributed by atoms with E-state index < -0.39 is 35.3 Å². The predicted octanol–water partition coefficient (Wildman–Crippen LogP) is 1.70. The van der Waals surface area contributed by atoms with Crippen LogP contribution in [0.1, 0.15) is 37.0 Å². The minimum atomic E-state index is -0.976. The third kappa shape index (κ3) is 4.08. The molecule has 7 heteroatoms. The molecule has 0 aliphatic carbocycles. The van der Waals surface area contributed by atoms with E-state index in [0.29, 0.717) is 19.4 Å². The van der Waals surface area contributed by atoms with Crippen molar-refractivity contribution >= 4 is 11.8 Å². The van der Waals surface area contributed by atoms with Crippen molar-refractivity contribution in [2.45, 2.75) is 38.8 Å². The first-order chi connectivity index (χ1) is 11.3. The molecular formula is C17H22F2N2O3. The van der Waals surface area contributed by atoms with Crippen LogP contribution in [0, 0.1) is 17.6 Å². The number of rotatable bonds is 4. The van der Waals surface area contributed by atoms with Crippen molar-refractivity contribution in [3.05, 3.63) is 35.4 Å². The van der Waals surface area contributed by atoms with Crippen LogP contribution >= 0.6 is 0 Å². The molecule has 1 aliphatic heterocycles. The highest BCUT2D eigenvalue weighted by atomic mass is 19.1. The van der Waals surface area contributed by atoms with Crippen LogP contribution in [0.15, 0.2) is 18.2 Å². The summed E-state index contributed by atoms with van der Waals surface area (Å²) < 4.78 is 27.5. The normalized spacial score (nSPS) is 19.2. The minimum absolute atomic E-state index is 0.200. The summed E-state index contributed by atoms with van der Waals surface area (Å²) in [6.07, 6.45) is 0.714. The van der Waals surface area contributed by atoms with Crippen LogP contribution in [0.3, 0.4) is 0 Å². The number of benzene rings is 1. The molecule has 0 bridgehead atoms. The van der Waals surface area contributed by atoms with Gasteiger partial charge in [0.1, 0.15) is 23.2 Å². The van der Waals surface area contributed by atoms with Gasteiger partial charge in [-0.3, -0.25) is 9.59 Å². The summed E-state index contributed by atoms with van der Waals surface area (Å²) in [5.74, 6) is -3.54. The molecule has 1 aromatic carbocycles. The second-order valence-corrected chi connectivity index (χ2v) is 6.37. The molecule has 1 aromatic rings. The Bertz CT molecular complexity index is 602. The van der Waals surface area contributed by atoms with Crippen LogP contribution in [0.4, 0.5) is 8.78 Å². The van der Waals surface area contributed by atoms with E-state index in [1.54, 1.807) is 13.8 Å². The van der Waals surface area contributed by atoms with E-state index in [1.165, 1.54) is 11.0 Å². The minimum Gasteiger partial charge on any atom is -0.391 e. The first-order valence-electron chi connectivity index (χ1n) is 8.03. The molecule has 2 unspecified atom stereocenters. The zero-order chi connectivity index (χ0) is 17.9. The molecule has 5 nitrogen and oxygen atoms in total. The summed E-state index contributed by atoms with van der Waals surface area (Å²) in [4.78, 5) is 26.4. The van der Waals surface area contributed by atoms with E-state index in [4.69, 9.17) is 0 Å². The van der Waals surface area contributed by atoms with Crippen LogP contribution in [-0.4, -0.2) is 47.1 Å². The topological polar surface area (TPSA) is 69.6 Å². The molecule has 2 rings (SSSR count). The standard InChI is InChI=1S/C17H22F2N2O3/c1-10(2)15(17(24)21-8-4-5-11(22)9-21)20-16(23)14-12(18)6-3-7-13(14)19/h3,6-7,10-11,15,22H,4-5,8-9H2,1-2H3,(H,20,23). The number of carbonyl (C=O) groups excluding carboxylic acids is 2. The molecule has 1 aliphatic rings. The van der Waals surface area contributed by atoms with Crippen molar-refractivity contribution < 1.29 is 23.5 Å². The summed E-state index contributed by atoms with van der Waals surface area (Å²) in [5, 5.41) is 12.1. The third-order valence-electron chi connectivity index (χ3n) is 4.12. The fraction of sp³-hybridized carbons (Fsp3) is 0.529. The number of nitrogens with zero attached hydrogens (tertiary/aromatic N) is 1. The van der Waals surface area contributed by atoms with E-state index in [0.717, 1.165) is 12.1 Å². The van der Waals surface area contributed by atoms with Gasteiger partial charge in [-0.2, -0.15) is 0 Å². The van der Waals surface area contributed by atoms with Gasteiger partial charge in [-0.25, -0.2) is 8.78 Å². The smallest absolute Gasteiger partial charge is 0.257 e. The lowest BCUT2D eigenvalue weighted by Gasteiger charge is -2.34. The molecule has 1 saturated heterocycles. The highest BCUT2D eigenvalue weighted by molar-refractivity contribution is 5.98. The summed E-state index contributed by atoms with van der Waals surface area (Å²) >= 11 is 0. The van der Waals surface area contributed by atoms with Gasteiger partial charge in [-0.1, -0.05) is 19.9 Å². The fourth-order valence-electron chi connectivity index (χ4n) is 2.79. The van der Waals surface area contributed by atoms with Gasteiger partial charge in [0.2, 0.25) is 5.91 Å². The van der Waals surface area contributed by atoms with Crippen LogP contribution in [0.5, 0.6) is 0 Å².